The molecule has 2 aromatic heterocycles. The minimum absolute atomic E-state index is 0.391. The number of benzene rings is 2. The molecule has 0 radical (unpaired) electrons. The Bertz CT molecular complexity index is 1070. The molecule has 0 N–H and O–H groups in total. The van der Waals surface area contributed by atoms with Gasteiger partial charge >= 0.3 is 5.97 Å². The van der Waals surface area contributed by atoms with E-state index in [1.807, 2.05) is 48.3 Å². The van der Waals surface area contributed by atoms with E-state index in [9.17, 15) is 4.79 Å². The summed E-state index contributed by atoms with van der Waals surface area (Å²) in [6.07, 6.45) is 1.58. The van der Waals surface area contributed by atoms with Crippen molar-refractivity contribution in [2.75, 3.05) is 19.1 Å². The number of esters is 1. The van der Waals surface area contributed by atoms with Crippen LogP contribution in [0.4, 0.5) is 11.5 Å². The number of rotatable bonds is 3. The minimum atomic E-state index is -0.391. The van der Waals surface area contributed by atoms with Crippen LogP contribution in [0.25, 0.3) is 16.7 Å². The van der Waals surface area contributed by atoms with Gasteiger partial charge in [-0.1, -0.05) is 18.2 Å². The number of methoxy groups -OCH3 is 1. The van der Waals surface area contributed by atoms with Crippen molar-refractivity contribution in [1.29, 1.82) is 0 Å². The third-order valence-electron chi connectivity index (χ3n) is 4.12. The first kappa shape index (κ1) is 15.1. The molecule has 7 nitrogen and oxygen atoms in total. The molecule has 0 aliphatic rings. The molecule has 2 heterocycles. The zero-order valence-corrected chi connectivity index (χ0v) is 13.7. The molecule has 0 saturated heterocycles. The molecule has 0 bridgehead atoms. The standard InChI is InChI=1S/C18H15N5O2/c1-22(13-6-4-3-5-7-13)16-14-9-8-12(17(24)25-2)10-15(14)23-11-19-21-18(23)20-16/h3-11H,1-2H3. The second kappa shape index (κ2) is 5.86. The van der Waals surface area contributed by atoms with Gasteiger partial charge in [0.1, 0.15) is 12.1 Å². The van der Waals surface area contributed by atoms with Crippen LogP contribution >= 0.6 is 0 Å². The fourth-order valence-electron chi connectivity index (χ4n) is 2.82. The Morgan fingerprint density at radius 2 is 1.96 bits per heavy atom. The zero-order valence-electron chi connectivity index (χ0n) is 13.7. The molecule has 0 aliphatic carbocycles. The molecular weight excluding hydrogens is 318 g/mol. The molecular formula is C18H15N5O2. The van der Waals surface area contributed by atoms with E-state index < -0.39 is 5.97 Å². The van der Waals surface area contributed by atoms with Crippen molar-refractivity contribution in [3.05, 3.63) is 60.4 Å². The molecule has 0 spiro atoms. The number of nitrogens with zero attached hydrogens (tertiary/aromatic N) is 5. The predicted molar refractivity (Wildman–Crippen MR) is 94.1 cm³/mol. The van der Waals surface area contributed by atoms with Gasteiger partial charge in [-0.2, -0.15) is 4.98 Å². The fourth-order valence-corrected chi connectivity index (χ4v) is 2.82. The molecule has 0 amide bonds. The summed E-state index contributed by atoms with van der Waals surface area (Å²) < 4.78 is 6.57. The second-order valence-electron chi connectivity index (χ2n) is 5.55. The lowest BCUT2D eigenvalue weighted by molar-refractivity contribution is 0.0601. The molecule has 124 valence electrons. The van der Waals surface area contributed by atoms with Gasteiger partial charge in [-0.15, -0.1) is 10.2 Å². The molecule has 0 fully saturated rings. The Labute approximate surface area is 143 Å². The lowest BCUT2D eigenvalue weighted by Crippen LogP contribution is -2.13. The maximum absolute atomic E-state index is 11.9. The molecule has 0 unspecified atom stereocenters. The number of aromatic nitrogens is 4. The van der Waals surface area contributed by atoms with Crippen molar-refractivity contribution in [2.24, 2.45) is 0 Å². The fraction of sp³-hybridized carbons (Fsp3) is 0.111. The lowest BCUT2D eigenvalue weighted by Gasteiger charge is -2.20. The lowest BCUT2D eigenvalue weighted by atomic mass is 10.1. The van der Waals surface area contributed by atoms with Crippen molar-refractivity contribution in [1.82, 2.24) is 19.6 Å². The highest BCUT2D eigenvalue weighted by Crippen LogP contribution is 2.30. The van der Waals surface area contributed by atoms with Crippen LogP contribution in [0.5, 0.6) is 0 Å². The number of hydrogen-bond donors (Lipinski definition) is 0. The molecule has 0 saturated carbocycles. The van der Waals surface area contributed by atoms with Crippen LogP contribution in [0.15, 0.2) is 54.9 Å². The van der Waals surface area contributed by atoms with Gasteiger partial charge in [0.15, 0.2) is 0 Å². The van der Waals surface area contributed by atoms with E-state index in [1.165, 1.54) is 7.11 Å². The number of ether oxygens (including phenoxy) is 1. The average molecular weight is 333 g/mol. The minimum Gasteiger partial charge on any atom is -0.465 e. The summed E-state index contributed by atoms with van der Waals surface area (Å²) in [7, 11) is 3.31. The number of carbonyl (C=O) groups excluding carboxylic acids is 1. The van der Waals surface area contributed by atoms with Crippen LogP contribution in [0, 0.1) is 0 Å². The van der Waals surface area contributed by atoms with E-state index in [4.69, 9.17) is 4.74 Å². The quantitative estimate of drug-likeness (QED) is 0.537. The summed E-state index contributed by atoms with van der Waals surface area (Å²) in [4.78, 5) is 18.5. The number of hydrogen-bond acceptors (Lipinski definition) is 6. The molecule has 4 aromatic rings. The summed E-state index contributed by atoms with van der Waals surface area (Å²) in [5.74, 6) is 0.809. The Morgan fingerprint density at radius 1 is 1.16 bits per heavy atom. The maximum Gasteiger partial charge on any atom is 0.337 e. The third kappa shape index (κ3) is 2.46. The SMILES string of the molecule is COC(=O)c1ccc2c(N(C)c3ccccc3)nc3nncn3c2c1. The Hall–Kier alpha value is -3.48. The van der Waals surface area contributed by atoms with Crippen LogP contribution in [-0.2, 0) is 4.74 Å². The molecule has 4 rings (SSSR count). The van der Waals surface area contributed by atoms with Gasteiger partial charge in [0.05, 0.1) is 18.2 Å². The van der Waals surface area contributed by atoms with E-state index in [0.717, 1.165) is 22.4 Å². The molecule has 0 atom stereocenters. The van der Waals surface area contributed by atoms with E-state index in [-0.39, 0.29) is 0 Å². The molecule has 7 heteroatoms. The highest BCUT2D eigenvalue weighted by molar-refractivity contribution is 5.99. The van der Waals surface area contributed by atoms with Gasteiger partial charge in [-0.05, 0) is 30.3 Å². The summed E-state index contributed by atoms with van der Waals surface area (Å²) in [5.41, 5.74) is 2.25. The monoisotopic (exact) mass is 333 g/mol. The molecule has 25 heavy (non-hydrogen) atoms. The van der Waals surface area contributed by atoms with Crippen molar-refractivity contribution in [3.63, 3.8) is 0 Å². The molecule has 2 aromatic carbocycles. The highest BCUT2D eigenvalue weighted by atomic mass is 16.5. The molecule has 0 aliphatic heterocycles. The van der Waals surface area contributed by atoms with Crippen molar-refractivity contribution in [3.8, 4) is 0 Å². The smallest absolute Gasteiger partial charge is 0.337 e. The summed E-state index contributed by atoms with van der Waals surface area (Å²) >= 11 is 0. The van der Waals surface area contributed by atoms with Crippen molar-refractivity contribution >= 4 is 34.2 Å². The summed E-state index contributed by atoms with van der Waals surface area (Å²) in [5, 5.41) is 8.88. The van der Waals surface area contributed by atoms with Crippen LogP contribution in [-0.4, -0.2) is 39.7 Å². The Balaban J connectivity index is 1.99. The first-order chi connectivity index (χ1) is 12.2. The van der Waals surface area contributed by atoms with Gasteiger partial charge < -0.3 is 9.64 Å². The maximum atomic E-state index is 11.9. The van der Waals surface area contributed by atoms with Crippen LogP contribution in [0.2, 0.25) is 0 Å². The van der Waals surface area contributed by atoms with E-state index in [1.54, 1.807) is 22.9 Å². The van der Waals surface area contributed by atoms with E-state index >= 15 is 0 Å². The van der Waals surface area contributed by atoms with Crippen LogP contribution in [0.1, 0.15) is 10.4 Å². The van der Waals surface area contributed by atoms with Gasteiger partial charge in [0.2, 0.25) is 0 Å². The van der Waals surface area contributed by atoms with E-state index in [0.29, 0.717) is 11.3 Å². The normalized spacial score (nSPS) is 11.0. The van der Waals surface area contributed by atoms with Crippen molar-refractivity contribution < 1.29 is 9.53 Å². The predicted octanol–water partition coefficient (Wildman–Crippen LogP) is 2.83. The topological polar surface area (TPSA) is 72.6 Å². The third-order valence-corrected chi connectivity index (χ3v) is 4.12. The average Bonchev–Trinajstić information content (AvgIpc) is 3.15. The van der Waals surface area contributed by atoms with Gasteiger partial charge in [-0.3, -0.25) is 4.40 Å². The summed E-state index contributed by atoms with van der Waals surface area (Å²) in [6, 6.07) is 15.3. The number of carbonyl (C=O) groups is 1. The van der Waals surface area contributed by atoms with Gasteiger partial charge in [0.25, 0.3) is 5.78 Å². The Kier molecular flexibility index (Phi) is 3.53. The van der Waals surface area contributed by atoms with Gasteiger partial charge in [0, 0.05) is 18.1 Å². The largest absolute Gasteiger partial charge is 0.465 e. The summed E-state index contributed by atoms with van der Waals surface area (Å²) in [6.45, 7) is 0. The Morgan fingerprint density at radius 3 is 2.72 bits per heavy atom. The number of anilines is 2. The number of para-hydroxylation sites is 1. The first-order valence-corrected chi connectivity index (χ1v) is 7.69. The first-order valence-electron chi connectivity index (χ1n) is 7.69. The zero-order chi connectivity index (χ0) is 17.4. The van der Waals surface area contributed by atoms with Crippen molar-refractivity contribution in [2.45, 2.75) is 0 Å². The second-order valence-corrected chi connectivity index (χ2v) is 5.55. The van der Waals surface area contributed by atoms with Crippen LogP contribution < -0.4 is 4.90 Å². The van der Waals surface area contributed by atoms with Gasteiger partial charge in [-0.25, -0.2) is 4.79 Å². The van der Waals surface area contributed by atoms with Crippen LogP contribution in [0.3, 0.4) is 0 Å². The highest BCUT2D eigenvalue weighted by Gasteiger charge is 2.16. The van der Waals surface area contributed by atoms with E-state index in [2.05, 4.69) is 15.2 Å². The number of fused-ring (bicyclic) bond motifs is 3.